The Kier molecular flexibility index (Phi) is 5.60. The van der Waals surface area contributed by atoms with E-state index in [1.807, 2.05) is 0 Å². The molecule has 0 saturated heterocycles. The third-order valence-corrected chi connectivity index (χ3v) is 5.51. The van der Waals surface area contributed by atoms with Gasteiger partial charge in [-0.15, -0.1) is 0 Å². The van der Waals surface area contributed by atoms with Crippen LogP contribution in [0.4, 0.5) is 0 Å². The van der Waals surface area contributed by atoms with E-state index in [1.54, 1.807) is 0 Å². The van der Waals surface area contributed by atoms with Crippen LogP contribution in [0, 0.1) is 0 Å². The Morgan fingerprint density at radius 3 is 0.900 bits per heavy atom. The average Bonchev–Trinajstić information content (AvgIpc) is 1.14. The topological polar surface area (TPSA) is 9.23 Å². The summed E-state index contributed by atoms with van der Waals surface area (Å²) >= 11 is 0. The molecular formula is C6H19LiOSi2. The summed E-state index contributed by atoms with van der Waals surface area (Å²) in [4.78, 5) is 0. The molecule has 0 atom stereocenters. The van der Waals surface area contributed by atoms with Gasteiger partial charge in [-0.2, -0.15) is 0 Å². The molecule has 0 aromatic carbocycles. The Balaban J connectivity index is 0. The molecule has 0 rings (SSSR count). The van der Waals surface area contributed by atoms with Crippen LogP contribution in [-0.2, 0) is 4.12 Å². The third kappa shape index (κ3) is 11.7. The molecule has 0 heterocycles. The van der Waals surface area contributed by atoms with Crippen molar-refractivity contribution in [1.29, 1.82) is 0 Å². The summed E-state index contributed by atoms with van der Waals surface area (Å²) in [5.74, 6) is 0. The summed E-state index contributed by atoms with van der Waals surface area (Å²) in [5.41, 5.74) is 0. The normalized spacial score (nSPS) is 12.6. The van der Waals surface area contributed by atoms with Crippen molar-refractivity contribution in [2.45, 2.75) is 39.3 Å². The van der Waals surface area contributed by atoms with Crippen molar-refractivity contribution in [3.8, 4) is 0 Å². The van der Waals surface area contributed by atoms with Crippen LogP contribution in [-0.4, -0.2) is 35.5 Å². The molecule has 0 aliphatic rings. The molecule has 0 unspecified atom stereocenters. The second-order valence-electron chi connectivity index (χ2n) is 4.33. The summed E-state index contributed by atoms with van der Waals surface area (Å²) in [6, 6.07) is 0. The number of hydrogen-bond acceptors (Lipinski definition) is 1. The molecule has 0 aliphatic carbocycles. The van der Waals surface area contributed by atoms with E-state index < -0.39 is 16.6 Å². The Morgan fingerprint density at radius 1 is 0.700 bits per heavy atom. The molecule has 0 amide bonds. The Labute approximate surface area is 79.0 Å². The molecule has 0 aliphatic heterocycles. The van der Waals surface area contributed by atoms with Gasteiger partial charge in [0.2, 0.25) is 0 Å². The van der Waals surface area contributed by atoms with Gasteiger partial charge in [-0.3, -0.25) is 0 Å². The average molecular weight is 170 g/mol. The number of hydrogen-bond donors (Lipinski definition) is 0. The molecule has 10 heavy (non-hydrogen) atoms. The van der Waals surface area contributed by atoms with Crippen LogP contribution >= 0.6 is 0 Å². The molecule has 0 N–H and O–H groups in total. The third-order valence-electron chi connectivity index (χ3n) is 0.612. The van der Waals surface area contributed by atoms with Crippen molar-refractivity contribution in [1.82, 2.24) is 0 Å². The van der Waals surface area contributed by atoms with Gasteiger partial charge in [-0.25, -0.2) is 0 Å². The molecule has 58 valence electrons. The SMILES string of the molecule is C[Si](C)(C)O[Si](C)(C)C.[LiH]. The molecular weight excluding hydrogens is 151 g/mol. The van der Waals surface area contributed by atoms with Crippen molar-refractivity contribution in [3.05, 3.63) is 0 Å². The summed E-state index contributed by atoms with van der Waals surface area (Å²) in [6.45, 7) is 13.4. The van der Waals surface area contributed by atoms with Crippen molar-refractivity contribution >= 4 is 35.5 Å². The zero-order chi connectivity index (χ0) is 7.71. The Morgan fingerprint density at radius 2 is 0.900 bits per heavy atom. The van der Waals surface area contributed by atoms with E-state index in [9.17, 15) is 0 Å². The molecule has 1 nitrogen and oxygen atoms in total. The molecule has 0 aromatic rings. The van der Waals surface area contributed by atoms with Crippen LogP contribution in [0.2, 0.25) is 39.3 Å². The van der Waals surface area contributed by atoms with Gasteiger partial charge in [0.25, 0.3) is 0 Å². The monoisotopic (exact) mass is 170 g/mol. The van der Waals surface area contributed by atoms with Crippen LogP contribution < -0.4 is 0 Å². The fourth-order valence-corrected chi connectivity index (χ4v) is 8.27. The summed E-state index contributed by atoms with van der Waals surface area (Å²) in [7, 11) is -2.46. The van der Waals surface area contributed by atoms with E-state index >= 15 is 0 Å². The fourth-order valence-electron chi connectivity index (χ4n) is 0.919. The first-order chi connectivity index (χ1) is 3.71. The van der Waals surface area contributed by atoms with Gasteiger partial charge in [0.05, 0.1) is 0 Å². The van der Waals surface area contributed by atoms with Crippen molar-refractivity contribution in [2.75, 3.05) is 0 Å². The van der Waals surface area contributed by atoms with Crippen LogP contribution in [0.3, 0.4) is 0 Å². The summed E-state index contributed by atoms with van der Waals surface area (Å²) in [5, 5.41) is 0. The van der Waals surface area contributed by atoms with E-state index in [1.165, 1.54) is 0 Å². The summed E-state index contributed by atoms with van der Waals surface area (Å²) < 4.78 is 5.90. The van der Waals surface area contributed by atoms with Gasteiger partial charge in [0.15, 0.2) is 16.6 Å². The second kappa shape index (κ2) is 4.13. The van der Waals surface area contributed by atoms with Crippen molar-refractivity contribution in [2.24, 2.45) is 0 Å². The first-order valence-electron chi connectivity index (χ1n) is 3.41. The van der Waals surface area contributed by atoms with Gasteiger partial charge >= 0.3 is 18.9 Å². The van der Waals surface area contributed by atoms with E-state index in [4.69, 9.17) is 4.12 Å². The molecule has 0 fully saturated rings. The minimum atomic E-state index is -1.23. The minimum absolute atomic E-state index is 0. The molecule has 0 saturated carbocycles. The zero-order valence-corrected chi connectivity index (χ0v) is 9.41. The van der Waals surface area contributed by atoms with Crippen molar-refractivity contribution < 1.29 is 4.12 Å². The first-order valence-corrected chi connectivity index (χ1v) is 10.2. The second-order valence-corrected chi connectivity index (χ2v) is 13.6. The first kappa shape index (κ1) is 13.6. The van der Waals surface area contributed by atoms with E-state index in [-0.39, 0.29) is 18.9 Å². The van der Waals surface area contributed by atoms with Gasteiger partial charge in [0.1, 0.15) is 0 Å². The standard InChI is InChI=1S/C6H18OSi2.Li.H/c1-8(2,3)7-9(4,5)6;;/h1-6H3;;. The van der Waals surface area contributed by atoms with Crippen LogP contribution in [0.15, 0.2) is 0 Å². The van der Waals surface area contributed by atoms with Crippen LogP contribution in [0.5, 0.6) is 0 Å². The van der Waals surface area contributed by atoms with Gasteiger partial charge in [0, 0.05) is 0 Å². The van der Waals surface area contributed by atoms with E-state index in [2.05, 4.69) is 39.3 Å². The molecule has 0 bridgehead atoms. The Bertz CT molecular complexity index is 80.9. The molecule has 0 aromatic heterocycles. The van der Waals surface area contributed by atoms with E-state index in [0.717, 1.165) is 0 Å². The van der Waals surface area contributed by atoms with Gasteiger partial charge in [-0.1, -0.05) is 0 Å². The number of rotatable bonds is 2. The molecule has 4 heteroatoms. The zero-order valence-electron chi connectivity index (χ0n) is 7.41. The van der Waals surface area contributed by atoms with Crippen molar-refractivity contribution in [3.63, 3.8) is 0 Å². The fraction of sp³-hybridized carbons (Fsp3) is 1.00. The summed E-state index contributed by atoms with van der Waals surface area (Å²) in [6.07, 6.45) is 0. The van der Waals surface area contributed by atoms with Crippen LogP contribution in [0.25, 0.3) is 0 Å². The predicted molar refractivity (Wildman–Crippen MR) is 54.9 cm³/mol. The Hall–Kier alpha value is 0.991. The maximum absolute atomic E-state index is 5.90. The van der Waals surface area contributed by atoms with Gasteiger partial charge < -0.3 is 4.12 Å². The molecule has 0 spiro atoms. The predicted octanol–water partition coefficient (Wildman–Crippen LogP) is 2.02. The quantitative estimate of drug-likeness (QED) is 0.576. The van der Waals surface area contributed by atoms with Gasteiger partial charge in [-0.05, 0) is 39.3 Å². The van der Waals surface area contributed by atoms with Crippen LogP contribution in [0.1, 0.15) is 0 Å². The maximum atomic E-state index is 5.90. The molecule has 0 radical (unpaired) electrons. The van der Waals surface area contributed by atoms with E-state index in [0.29, 0.717) is 0 Å².